The highest BCUT2D eigenvalue weighted by Gasteiger charge is 2.17. The summed E-state index contributed by atoms with van der Waals surface area (Å²) in [6.07, 6.45) is 0. The second-order valence-corrected chi connectivity index (χ2v) is 3.58. The molecule has 0 amide bonds. The van der Waals surface area contributed by atoms with Crippen molar-refractivity contribution in [1.29, 1.82) is 0 Å². The lowest BCUT2D eigenvalue weighted by molar-refractivity contribution is 0.242. The van der Waals surface area contributed by atoms with Gasteiger partial charge in [0.15, 0.2) is 0 Å². The van der Waals surface area contributed by atoms with E-state index < -0.39 is 0 Å². The highest BCUT2D eigenvalue weighted by atomic mass is 35.5. The molecule has 0 spiro atoms. The van der Waals surface area contributed by atoms with Crippen LogP contribution in [0.4, 0.5) is 0 Å². The number of nitrogens with two attached hydrogens (primary N) is 1. The van der Waals surface area contributed by atoms with Crippen molar-refractivity contribution in [2.75, 3.05) is 13.2 Å². The quantitative estimate of drug-likeness (QED) is 0.849. The Bertz CT molecular complexity index is 381. The zero-order valence-corrected chi connectivity index (χ0v) is 8.78. The Morgan fingerprint density at radius 3 is 3.00 bits per heavy atom. The molecule has 1 aliphatic rings. The average molecular weight is 227 g/mol. The minimum absolute atomic E-state index is 0.0405. The minimum atomic E-state index is -0.0405. The van der Waals surface area contributed by atoms with Gasteiger partial charge in [-0.2, -0.15) is 0 Å². The molecule has 0 aromatic heterocycles. The second kappa shape index (κ2) is 4.40. The summed E-state index contributed by atoms with van der Waals surface area (Å²) in [5.74, 6) is 0.653. The predicted octanol–water partition coefficient (Wildman–Crippen LogP) is 1.43. The first-order valence-corrected chi connectivity index (χ1v) is 4.97. The Morgan fingerprint density at radius 1 is 1.53 bits per heavy atom. The minimum Gasteiger partial charge on any atom is -0.490 e. The van der Waals surface area contributed by atoms with Crippen molar-refractivity contribution < 1.29 is 9.47 Å². The molecule has 2 rings (SSSR count). The third-order valence-corrected chi connectivity index (χ3v) is 2.31. The monoisotopic (exact) mass is 226 g/mol. The molecule has 80 valence electrons. The van der Waals surface area contributed by atoms with Gasteiger partial charge in [-0.15, -0.1) is 0 Å². The van der Waals surface area contributed by atoms with Crippen LogP contribution < -0.4 is 10.5 Å². The number of para-hydroxylation sites is 1. The highest BCUT2D eigenvalue weighted by molar-refractivity contribution is 6.32. The Labute approximate surface area is 92.7 Å². The molecule has 15 heavy (non-hydrogen) atoms. The SMILES string of the molecule is NC1=NC(COc2ccccc2Cl)CO1. The van der Waals surface area contributed by atoms with Crippen LogP contribution in [0.25, 0.3) is 0 Å². The van der Waals surface area contributed by atoms with Crippen LogP contribution in [0.5, 0.6) is 5.75 Å². The van der Waals surface area contributed by atoms with E-state index in [4.69, 9.17) is 26.8 Å². The summed E-state index contributed by atoms with van der Waals surface area (Å²) in [5.41, 5.74) is 5.37. The van der Waals surface area contributed by atoms with Gasteiger partial charge in [0.2, 0.25) is 0 Å². The summed E-state index contributed by atoms with van der Waals surface area (Å²) < 4.78 is 10.5. The summed E-state index contributed by atoms with van der Waals surface area (Å²) in [5, 5.41) is 0.591. The van der Waals surface area contributed by atoms with E-state index in [1.165, 1.54) is 0 Å². The van der Waals surface area contributed by atoms with Crippen LogP contribution in [0, 0.1) is 0 Å². The van der Waals surface area contributed by atoms with Crippen molar-refractivity contribution in [3.8, 4) is 5.75 Å². The van der Waals surface area contributed by atoms with Crippen molar-refractivity contribution in [2.24, 2.45) is 10.7 Å². The van der Waals surface area contributed by atoms with E-state index in [1.54, 1.807) is 6.07 Å². The highest BCUT2D eigenvalue weighted by Crippen LogP contribution is 2.23. The molecule has 1 unspecified atom stereocenters. The number of aliphatic imine (C=N–C) groups is 1. The number of ether oxygens (including phenoxy) is 2. The topological polar surface area (TPSA) is 56.8 Å². The first-order valence-electron chi connectivity index (χ1n) is 4.59. The van der Waals surface area contributed by atoms with E-state index in [9.17, 15) is 0 Å². The van der Waals surface area contributed by atoms with Crippen LogP contribution in [0.15, 0.2) is 29.3 Å². The molecule has 0 aliphatic carbocycles. The van der Waals surface area contributed by atoms with Crippen molar-refractivity contribution >= 4 is 17.6 Å². The lowest BCUT2D eigenvalue weighted by Gasteiger charge is -2.09. The van der Waals surface area contributed by atoms with E-state index in [0.29, 0.717) is 24.0 Å². The smallest absolute Gasteiger partial charge is 0.282 e. The molecule has 0 saturated carbocycles. The summed E-state index contributed by atoms with van der Waals surface area (Å²) in [4.78, 5) is 4.04. The normalized spacial score (nSPS) is 19.5. The lowest BCUT2D eigenvalue weighted by Crippen LogP contribution is -2.17. The van der Waals surface area contributed by atoms with Crippen molar-refractivity contribution in [3.05, 3.63) is 29.3 Å². The van der Waals surface area contributed by atoms with Crippen molar-refractivity contribution in [3.63, 3.8) is 0 Å². The van der Waals surface area contributed by atoms with Crippen LogP contribution in [-0.2, 0) is 4.74 Å². The number of amidine groups is 1. The van der Waals surface area contributed by atoms with Gasteiger partial charge < -0.3 is 15.2 Å². The number of halogens is 1. The van der Waals surface area contributed by atoms with E-state index >= 15 is 0 Å². The first kappa shape index (κ1) is 10.1. The summed E-state index contributed by atoms with van der Waals surface area (Å²) in [6, 6.07) is 7.49. The molecule has 0 saturated heterocycles. The van der Waals surface area contributed by atoms with Crippen LogP contribution in [-0.4, -0.2) is 25.3 Å². The molecular formula is C10H11ClN2O2. The number of benzene rings is 1. The van der Waals surface area contributed by atoms with Crippen molar-refractivity contribution in [1.82, 2.24) is 0 Å². The summed E-state index contributed by atoms with van der Waals surface area (Å²) >= 11 is 5.92. The van der Waals surface area contributed by atoms with E-state index in [0.717, 1.165) is 0 Å². The average Bonchev–Trinajstić information content (AvgIpc) is 2.63. The van der Waals surface area contributed by atoms with Gasteiger partial charge in [-0.1, -0.05) is 23.7 Å². The van der Waals surface area contributed by atoms with Gasteiger partial charge in [-0.05, 0) is 12.1 Å². The van der Waals surface area contributed by atoms with Gasteiger partial charge in [0, 0.05) is 0 Å². The number of rotatable bonds is 3. The molecule has 1 aliphatic heterocycles. The van der Waals surface area contributed by atoms with Gasteiger partial charge in [-0.3, -0.25) is 0 Å². The maximum Gasteiger partial charge on any atom is 0.282 e. The Morgan fingerprint density at radius 2 is 2.33 bits per heavy atom. The van der Waals surface area contributed by atoms with E-state index in [-0.39, 0.29) is 12.1 Å². The molecule has 0 fully saturated rings. The largest absolute Gasteiger partial charge is 0.490 e. The molecule has 1 heterocycles. The zero-order chi connectivity index (χ0) is 10.7. The first-order chi connectivity index (χ1) is 7.25. The van der Waals surface area contributed by atoms with Gasteiger partial charge in [0.25, 0.3) is 6.02 Å². The van der Waals surface area contributed by atoms with Gasteiger partial charge >= 0.3 is 0 Å². The number of hydrogen-bond donors (Lipinski definition) is 1. The fraction of sp³-hybridized carbons (Fsp3) is 0.300. The molecular weight excluding hydrogens is 216 g/mol. The fourth-order valence-corrected chi connectivity index (χ4v) is 1.46. The Kier molecular flexibility index (Phi) is 2.97. The standard InChI is InChI=1S/C10H11ClN2O2/c11-8-3-1-2-4-9(8)14-5-7-6-15-10(12)13-7/h1-4,7H,5-6H2,(H2,12,13). The van der Waals surface area contributed by atoms with E-state index in [1.807, 2.05) is 18.2 Å². The summed E-state index contributed by atoms with van der Waals surface area (Å²) in [6.45, 7) is 0.890. The molecule has 5 heteroatoms. The Balaban J connectivity index is 1.91. The fourth-order valence-electron chi connectivity index (χ4n) is 1.27. The maximum atomic E-state index is 5.92. The van der Waals surface area contributed by atoms with Crippen LogP contribution in [0.1, 0.15) is 0 Å². The molecule has 1 aromatic carbocycles. The lowest BCUT2D eigenvalue weighted by atomic mass is 10.3. The second-order valence-electron chi connectivity index (χ2n) is 3.17. The van der Waals surface area contributed by atoms with Gasteiger partial charge in [-0.25, -0.2) is 4.99 Å². The van der Waals surface area contributed by atoms with Crippen LogP contribution in [0.2, 0.25) is 5.02 Å². The third kappa shape index (κ3) is 2.53. The molecule has 2 N–H and O–H groups in total. The molecule has 1 aromatic rings. The Hall–Kier alpha value is -1.42. The molecule has 0 bridgehead atoms. The summed E-state index contributed by atoms with van der Waals surface area (Å²) in [7, 11) is 0. The van der Waals surface area contributed by atoms with E-state index in [2.05, 4.69) is 4.99 Å². The van der Waals surface area contributed by atoms with Crippen LogP contribution >= 0.6 is 11.6 Å². The molecule has 1 atom stereocenters. The number of nitrogens with zero attached hydrogens (tertiary/aromatic N) is 1. The van der Waals surface area contributed by atoms with Crippen LogP contribution in [0.3, 0.4) is 0 Å². The molecule has 4 nitrogen and oxygen atoms in total. The van der Waals surface area contributed by atoms with Crippen molar-refractivity contribution in [2.45, 2.75) is 6.04 Å². The maximum absolute atomic E-state index is 5.92. The molecule has 0 radical (unpaired) electrons. The zero-order valence-electron chi connectivity index (χ0n) is 8.02. The van der Waals surface area contributed by atoms with Gasteiger partial charge in [0.05, 0.1) is 5.02 Å². The predicted molar refractivity (Wildman–Crippen MR) is 58.3 cm³/mol. The number of hydrogen-bond acceptors (Lipinski definition) is 4. The van der Waals surface area contributed by atoms with Gasteiger partial charge in [0.1, 0.15) is 25.0 Å². The third-order valence-electron chi connectivity index (χ3n) is 2.00.